The summed E-state index contributed by atoms with van der Waals surface area (Å²) < 4.78 is 14.1. The van der Waals surface area contributed by atoms with Crippen molar-refractivity contribution >= 4 is 44.9 Å². The second-order valence-electron chi connectivity index (χ2n) is 3.69. The fraction of sp³-hybridized carbons (Fsp3) is 0. The lowest BCUT2D eigenvalue weighted by Gasteiger charge is -2.09. The average molecular weight is 344 g/mol. The zero-order valence-corrected chi connectivity index (χ0v) is 11.9. The zero-order chi connectivity index (χ0) is 13.8. The van der Waals surface area contributed by atoms with Crippen molar-refractivity contribution in [3.63, 3.8) is 0 Å². The van der Waals surface area contributed by atoms with Crippen LogP contribution in [0, 0.1) is 5.82 Å². The van der Waals surface area contributed by atoms with Gasteiger partial charge in [0.05, 0.1) is 10.7 Å². The minimum Gasteiger partial charge on any atom is -0.308 e. The molecular weight excluding hydrogens is 335 g/mol. The van der Waals surface area contributed by atoms with Crippen molar-refractivity contribution in [2.75, 3.05) is 10.6 Å². The fourth-order valence-corrected chi connectivity index (χ4v) is 1.85. The van der Waals surface area contributed by atoms with Gasteiger partial charge >= 0.3 is 6.03 Å². The Labute approximate surface area is 122 Å². The summed E-state index contributed by atoms with van der Waals surface area (Å²) in [4.78, 5) is 11.7. The third-order valence-corrected chi connectivity index (χ3v) is 3.53. The van der Waals surface area contributed by atoms with Crippen LogP contribution in [0.3, 0.4) is 0 Å². The summed E-state index contributed by atoms with van der Waals surface area (Å²) in [6, 6.07) is 10.4. The van der Waals surface area contributed by atoms with Crippen molar-refractivity contribution in [1.82, 2.24) is 0 Å². The van der Waals surface area contributed by atoms with E-state index in [4.69, 9.17) is 11.6 Å². The maximum absolute atomic E-state index is 13.3. The van der Waals surface area contributed by atoms with E-state index in [0.717, 1.165) is 4.47 Å². The molecule has 2 aromatic carbocycles. The van der Waals surface area contributed by atoms with Crippen LogP contribution in [-0.2, 0) is 0 Å². The molecule has 0 atom stereocenters. The third-order valence-electron chi connectivity index (χ3n) is 2.30. The topological polar surface area (TPSA) is 41.1 Å². The number of carbonyl (C=O) groups excluding carboxylic acids is 1. The highest BCUT2D eigenvalue weighted by Crippen LogP contribution is 2.25. The Balaban J connectivity index is 2.05. The highest BCUT2D eigenvalue weighted by atomic mass is 79.9. The van der Waals surface area contributed by atoms with E-state index in [0.29, 0.717) is 10.7 Å². The molecule has 2 amide bonds. The molecule has 6 heteroatoms. The first-order valence-corrected chi connectivity index (χ1v) is 6.51. The van der Waals surface area contributed by atoms with Crippen molar-refractivity contribution in [2.24, 2.45) is 0 Å². The van der Waals surface area contributed by atoms with Crippen molar-refractivity contribution < 1.29 is 9.18 Å². The van der Waals surface area contributed by atoms with Gasteiger partial charge in [0.2, 0.25) is 0 Å². The quantitative estimate of drug-likeness (QED) is 0.801. The van der Waals surface area contributed by atoms with E-state index in [2.05, 4.69) is 26.6 Å². The molecule has 3 nitrogen and oxygen atoms in total. The normalized spacial score (nSPS) is 10.1. The first-order chi connectivity index (χ1) is 9.06. The molecule has 98 valence electrons. The molecule has 0 aliphatic rings. The van der Waals surface area contributed by atoms with Crippen molar-refractivity contribution in [3.05, 3.63) is 57.8 Å². The summed E-state index contributed by atoms with van der Waals surface area (Å²) in [5.41, 5.74) is 0.630. The van der Waals surface area contributed by atoms with Crippen LogP contribution >= 0.6 is 27.5 Å². The molecule has 2 rings (SSSR count). The molecule has 0 saturated heterocycles. The lowest BCUT2D eigenvalue weighted by Crippen LogP contribution is -2.20. The van der Waals surface area contributed by atoms with Gasteiger partial charge in [-0.2, -0.15) is 0 Å². The number of rotatable bonds is 2. The van der Waals surface area contributed by atoms with Crippen molar-refractivity contribution in [1.29, 1.82) is 0 Å². The van der Waals surface area contributed by atoms with Gasteiger partial charge in [0, 0.05) is 10.2 Å². The number of urea groups is 1. The van der Waals surface area contributed by atoms with Crippen LogP contribution in [0.15, 0.2) is 46.9 Å². The van der Waals surface area contributed by atoms with Crippen LogP contribution in [0.2, 0.25) is 5.02 Å². The SMILES string of the molecule is O=C(Nc1ccc(Br)c(Cl)c1)Nc1ccccc1F. The number of carbonyl (C=O) groups is 1. The van der Waals surface area contributed by atoms with E-state index < -0.39 is 11.8 Å². The molecule has 0 aromatic heterocycles. The molecule has 0 aliphatic carbocycles. The Morgan fingerprint density at radius 3 is 2.58 bits per heavy atom. The number of amides is 2. The van der Waals surface area contributed by atoms with E-state index >= 15 is 0 Å². The molecule has 0 saturated carbocycles. The lowest BCUT2D eigenvalue weighted by molar-refractivity contribution is 0.262. The molecule has 0 fully saturated rings. The number of benzene rings is 2. The molecule has 0 aliphatic heterocycles. The van der Waals surface area contributed by atoms with Crippen molar-refractivity contribution in [2.45, 2.75) is 0 Å². The number of nitrogens with one attached hydrogen (secondary N) is 2. The first kappa shape index (κ1) is 13.8. The van der Waals surface area contributed by atoms with Crippen LogP contribution in [-0.4, -0.2) is 6.03 Å². The third kappa shape index (κ3) is 3.68. The summed E-state index contributed by atoms with van der Waals surface area (Å²) in [5, 5.41) is 5.45. The Hall–Kier alpha value is -1.59. The Kier molecular flexibility index (Phi) is 4.39. The van der Waals surface area contributed by atoms with E-state index in [-0.39, 0.29) is 5.69 Å². The maximum Gasteiger partial charge on any atom is 0.323 e. The minimum absolute atomic E-state index is 0.114. The Morgan fingerprint density at radius 2 is 1.89 bits per heavy atom. The summed E-state index contributed by atoms with van der Waals surface area (Å²) in [6.45, 7) is 0. The smallest absolute Gasteiger partial charge is 0.308 e. The number of hydrogen-bond donors (Lipinski definition) is 2. The van der Waals surface area contributed by atoms with E-state index in [9.17, 15) is 9.18 Å². The molecule has 19 heavy (non-hydrogen) atoms. The molecule has 0 bridgehead atoms. The van der Waals surface area contributed by atoms with Crippen LogP contribution in [0.25, 0.3) is 0 Å². The lowest BCUT2D eigenvalue weighted by atomic mass is 10.3. The van der Waals surface area contributed by atoms with Crippen LogP contribution < -0.4 is 10.6 Å². The molecule has 2 aromatic rings. The van der Waals surface area contributed by atoms with E-state index in [1.807, 2.05) is 0 Å². The zero-order valence-electron chi connectivity index (χ0n) is 9.58. The van der Waals surface area contributed by atoms with E-state index in [1.165, 1.54) is 12.1 Å². The number of anilines is 2. The highest BCUT2D eigenvalue weighted by Gasteiger charge is 2.07. The van der Waals surface area contributed by atoms with Gasteiger partial charge in [0.25, 0.3) is 0 Å². The van der Waals surface area contributed by atoms with Crippen molar-refractivity contribution in [3.8, 4) is 0 Å². The maximum atomic E-state index is 13.3. The van der Waals surface area contributed by atoms with Crippen LogP contribution in [0.5, 0.6) is 0 Å². The number of para-hydroxylation sites is 1. The Morgan fingerprint density at radius 1 is 1.16 bits per heavy atom. The number of hydrogen-bond acceptors (Lipinski definition) is 1. The average Bonchev–Trinajstić information content (AvgIpc) is 2.37. The van der Waals surface area contributed by atoms with E-state index in [1.54, 1.807) is 30.3 Å². The monoisotopic (exact) mass is 342 g/mol. The van der Waals surface area contributed by atoms with Gasteiger partial charge in [0.15, 0.2) is 0 Å². The Bertz CT molecular complexity index is 621. The molecule has 0 unspecified atom stereocenters. The molecule has 0 heterocycles. The van der Waals surface area contributed by atoms with Gasteiger partial charge in [-0.05, 0) is 46.3 Å². The predicted octanol–water partition coefficient (Wildman–Crippen LogP) is 4.89. The van der Waals surface area contributed by atoms with Gasteiger partial charge in [-0.25, -0.2) is 9.18 Å². The van der Waals surface area contributed by atoms with Gasteiger partial charge in [0.1, 0.15) is 5.82 Å². The summed E-state index contributed by atoms with van der Waals surface area (Å²) in [6.07, 6.45) is 0. The number of halogens is 3. The highest BCUT2D eigenvalue weighted by molar-refractivity contribution is 9.10. The molecule has 0 radical (unpaired) electrons. The van der Waals surface area contributed by atoms with Gasteiger partial charge in [-0.1, -0.05) is 23.7 Å². The fourth-order valence-electron chi connectivity index (χ4n) is 1.42. The van der Waals surface area contributed by atoms with Crippen LogP contribution in [0.4, 0.5) is 20.6 Å². The molecule has 0 spiro atoms. The minimum atomic E-state index is -0.538. The second kappa shape index (κ2) is 6.04. The predicted molar refractivity (Wildman–Crippen MR) is 78.2 cm³/mol. The van der Waals surface area contributed by atoms with Crippen LogP contribution in [0.1, 0.15) is 0 Å². The summed E-state index contributed by atoms with van der Waals surface area (Å²) >= 11 is 9.15. The van der Waals surface area contributed by atoms with Gasteiger partial charge in [-0.15, -0.1) is 0 Å². The standard InChI is InChI=1S/C13H9BrClFN2O/c14-9-6-5-8(7-10(9)15)17-13(19)18-12-4-2-1-3-11(12)16/h1-7H,(H2,17,18,19). The summed E-state index contributed by atoms with van der Waals surface area (Å²) in [5.74, 6) is -0.494. The largest absolute Gasteiger partial charge is 0.323 e. The second-order valence-corrected chi connectivity index (χ2v) is 4.95. The molecular formula is C13H9BrClFN2O. The molecule has 2 N–H and O–H groups in total. The summed E-state index contributed by atoms with van der Waals surface area (Å²) in [7, 11) is 0. The van der Waals surface area contributed by atoms with Gasteiger partial charge < -0.3 is 10.6 Å². The first-order valence-electron chi connectivity index (χ1n) is 5.34. The van der Waals surface area contributed by atoms with Gasteiger partial charge in [-0.3, -0.25) is 0 Å².